The summed E-state index contributed by atoms with van der Waals surface area (Å²) in [6.07, 6.45) is -6.51. The van der Waals surface area contributed by atoms with Crippen molar-refractivity contribution in [3.8, 4) is 0 Å². The zero-order valence-corrected chi connectivity index (χ0v) is 7.05. The van der Waals surface area contributed by atoms with Crippen molar-refractivity contribution in [3.05, 3.63) is 0 Å². The zero-order chi connectivity index (χ0) is 12.5. The van der Waals surface area contributed by atoms with Crippen LogP contribution in [-0.2, 0) is 4.79 Å². The van der Waals surface area contributed by atoms with E-state index in [9.17, 15) is 35.5 Å². The predicted molar refractivity (Wildman–Crippen MR) is 33.2 cm³/mol. The summed E-state index contributed by atoms with van der Waals surface area (Å²) in [5.74, 6) is -15.1. The van der Waals surface area contributed by atoms with Crippen LogP contribution in [0.2, 0.25) is 0 Å². The molecule has 0 atom stereocenters. The summed E-state index contributed by atoms with van der Waals surface area (Å²) in [7, 11) is 0.847. The van der Waals surface area contributed by atoms with Gasteiger partial charge in [-0.05, 0) is 0 Å². The molecule has 0 unspecified atom stereocenters. The van der Waals surface area contributed by atoms with Crippen LogP contribution in [0, 0.1) is 0 Å². The molecule has 0 aliphatic rings. The Morgan fingerprint density at radius 1 is 1.00 bits per heavy atom. The summed E-state index contributed by atoms with van der Waals surface area (Å²) >= 11 is 0. The van der Waals surface area contributed by atoms with E-state index in [1.165, 1.54) is 5.43 Å². The molecule has 0 aliphatic carbocycles. The number of alkyl halides is 7. The van der Waals surface area contributed by atoms with E-state index in [1.807, 2.05) is 0 Å². The predicted octanol–water partition coefficient (Wildman–Crippen LogP) is 1.07. The highest BCUT2D eigenvalue weighted by atomic mass is 19.4. The maximum atomic E-state index is 12.4. The molecule has 0 spiro atoms. The summed E-state index contributed by atoms with van der Waals surface area (Å²) in [6, 6.07) is 0. The van der Waals surface area contributed by atoms with Crippen LogP contribution >= 0.6 is 0 Å². The van der Waals surface area contributed by atoms with Gasteiger partial charge in [-0.2, -0.15) is 30.7 Å². The van der Waals surface area contributed by atoms with Gasteiger partial charge in [0.1, 0.15) is 0 Å². The first-order valence-electron chi connectivity index (χ1n) is 3.28. The molecule has 0 rings (SSSR count). The third-order valence-corrected chi connectivity index (χ3v) is 1.27. The number of hydrazine groups is 1. The molecule has 0 saturated heterocycles. The lowest BCUT2D eigenvalue weighted by molar-refractivity contribution is -0.344. The van der Waals surface area contributed by atoms with E-state index in [2.05, 4.69) is 0 Å². The highest BCUT2D eigenvalue weighted by Crippen LogP contribution is 2.46. The van der Waals surface area contributed by atoms with Gasteiger partial charge in [0.15, 0.2) is 0 Å². The number of halogens is 7. The Morgan fingerprint density at radius 2 is 1.40 bits per heavy atom. The van der Waals surface area contributed by atoms with Crippen LogP contribution < -0.4 is 10.9 Å². The molecule has 0 heterocycles. The third kappa shape index (κ3) is 2.30. The van der Waals surface area contributed by atoms with Crippen LogP contribution in [0.3, 0.4) is 0 Å². The fraction of sp³-hybridized carbons (Fsp3) is 0.800. The SMILES string of the molecule is CNNC(=O)C(F)(F)C(F)(F)C(F)(F)F. The fourth-order valence-electron chi connectivity index (χ4n) is 0.513. The van der Waals surface area contributed by atoms with E-state index in [-0.39, 0.29) is 0 Å². The normalized spacial score (nSPS) is 13.9. The molecule has 2 N–H and O–H groups in total. The van der Waals surface area contributed by atoms with Gasteiger partial charge in [0.05, 0.1) is 0 Å². The van der Waals surface area contributed by atoms with Crippen LogP contribution in [0.25, 0.3) is 0 Å². The van der Waals surface area contributed by atoms with Crippen molar-refractivity contribution in [2.75, 3.05) is 7.05 Å². The van der Waals surface area contributed by atoms with Gasteiger partial charge >= 0.3 is 23.9 Å². The molecule has 3 nitrogen and oxygen atoms in total. The highest BCUT2D eigenvalue weighted by Gasteiger charge is 2.76. The molecular formula is C5H5F7N2O. The first-order valence-corrected chi connectivity index (χ1v) is 3.28. The van der Waals surface area contributed by atoms with E-state index in [1.54, 1.807) is 0 Å². The van der Waals surface area contributed by atoms with Gasteiger partial charge in [-0.25, -0.2) is 5.43 Å². The first-order chi connectivity index (χ1) is 6.48. The number of hydrogen-bond donors (Lipinski definition) is 2. The van der Waals surface area contributed by atoms with Crippen LogP contribution in [0.4, 0.5) is 30.7 Å². The monoisotopic (exact) mass is 242 g/mol. The molecule has 0 aromatic heterocycles. The topological polar surface area (TPSA) is 41.1 Å². The quantitative estimate of drug-likeness (QED) is 0.574. The second-order valence-corrected chi connectivity index (χ2v) is 2.35. The minimum Gasteiger partial charge on any atom is -0.286 e. The minimum atomic E-state index is -6.51. The average molecular weight is 242 g/mol. The number of carbonyl (C=O) groups excluding carboxylic acids is 1. The van der Waals surface area contributed by atoms with Crippen molar-refractivity contribution < 1.29 is 35.5 Å². The highest BCUT2D eigenvalue weighted by molar-refractivity contribution is 5.84. The van der Waals surface area contributed by atoms with E-state index in [0.717, 1.165) is 12.5 Å². The van der Waals surface area contributed by atoms with Crippen molar-refractivity contribution in [3.63, 3.8) is 0 Å². The molecule has 15 heavy (non-hydrogen) atoms. The van der Waals surface area contributed by atoms with Gasteiger partial charge < -0.3 is 0 Å². The summed E-state index contributed by atoms with van der Waals surface area (Å²) < 4.78 is 83.4. The summed E-state index contributed by atoms with van der Waals surface area (Å²) in [4.78, 5) is 10.3. The second-order valence-electron chi connectivity index (χ2n) is 2.35. The lowest BCUT2D eigenvalue weighted by Gasteiger charge is -2.26. The molecule has 0 fully saturated rings. The molecule has 0 radical (unpaired) electrons. The van der Waals surface area contributed by atoms with Crippen LogP contribution in [0.15, 0.2) is 0 Å². The average Bonchev–Trinajstić information content (AvgIpc) is 2.02. The van der Waals surface area contributed by atoms with Crippen molar-refractivity contribution in [2.45, 2.75) is 18.0 Å². The van der Waals surface area contributed by atoms with Crippen molar-refractivity contribution >= 4 is 5.91 Å². The molecule has 0 aromatic carbocycles. The number of rotatable bonds is 3. The van der Waals surface area contributed by atoms with Crippen LogP contribution in [-0.4, -0.2) is 31.0 Å². The summed E-state index contributed by atoms with van der Waals surface area (Å²) in [6.45, 7) is 0. The maximum absolute atomic E-state index is 12.4. The molecule has 90 valence electrons. The Kier molecular flexibility index (Phi) is 3.56. The Labute approximate surface area is 78.6 Å². The number of amides is 1. The molecule has 10 heteroatoms. The maximum Gasteiger partial charge on any atom is 0.460 e. The molecule has 0 aliphatic heterocycles. The largest absolute Gasteiger partial charge is 0.460 e. The Morgan fingerprint density at radius 3 is 1.67 bits per heavy atom. The van der Waals surface area contributed by atoms with Gasteiger partial charge in [-0.15, -0.1) is 0 Å². The number of hydrogen-bond acceptors (Lipinski definition) is 2. The number of carbonyl (C=O) groups is 1. The van der Waals surface area contributed by atoms with E-state index >= 15 is 0 Å². The molecule has 0 saturated carbocycles. The van der Waals surface area contributed by atoms with E-state index < -0.39 is 23.9 Å². The van der Waals surface area contributed by atoms with Gasteiger partial charge in [0.25, 0.3) is 0 Å². The molecule has 1 amide bonds. The standard InChI is InChI=1S/C5H5F7N2O/c1-13-14-2(15)3(6,7)4(8,9)5(10,11)12/h13H,1H3,(H,14,15). The van der Waals surface area contributed by atoms with Gasteiger partial charge in [0, 0.05) is 7.05 Å². The summed E-state index contributed by atoms with van der Waals surface area (Å²) in [5.41, 5.74) is 2.46. The minimum absolute atomic E-state index is 0.847. The third-order valence-electron chi connectivity index (χ3n) is 1.27. The van der Waals surface area contributed by atoms with Crippen LogP contribution in [0.1, 0.15) is 0 Å². The Balaban J connectivity index is 5.10. The summed E-state index contributed by atoms with van der Waals surface area (Å²) in [5, 5.41) is 0. The van der Waals surface area contributed by atoms with Crippen molar-refractivity contribution in [1.29, 1.82) is 0 Å². The second kappa shape index (κ2) is 3.83. The van der Waals surface area contributed by atoms with Crippen molar-refractivity contribution in [2.24, 2.45) is 0 Å². The van der Waals surface area contributed by atoms with Crippen LogP contribution in [0.5, 0.6) is 0 Å². The van der Waals surface area contributed by atoms with Crippen molar-refractivity contribution in [1.82, 2.24) is 10.9 Å². The molecule has 0 aromatic rings. The molecule has 0 bridgehead atoms. The Bertz CT molecular complexity index is 248. The Hall–Kier alpha value is -1.06. The molecular weight excluding hydrogens is 237 g/mol. The fourth-order valence-corrected chi connectivity index (χ4v) is 0.513. The smallest absolute Gasteiger partial charge is 0.286 e. The van der Waals surface area contributed by atoms with E-state index in [0.29, 0.717) is 0 Å². The first kappa shape index (κ1) is 13.9. The zero-order valence-electron chi connectivity index (χ0n) is 7.05. The number of nitrogens with one attached hydrogen (secondary N) is 2. The van der Waals surface area contributed by atoms with E-state index in [4.69, 9.17) is 0 Å². The van der Waals surface area contributed by atoms with Gasteiger partial charge in [-0.3, -0.25) is 10.2 Å². The van der Waals surface area contributed by atoms with Gasteiger partial charge in [-0.1, -0.05) is 0 Å². The van der Waals surface area contributed by atoms with Gasteiger partial charge in [0.2, 0.25) is 0 Å². The lowest BCUT2D eigenvalue weighted by atomic mass is 10.1. The lowest BCUT2D eigenvalue weighted by Crippen LogP contribution is -2.60.